The molecular formula is C10H15ClN2O. The molecule has 0 aliphatic heterocycles. The zero-order chi connectivity index (χ0) is 9.80. The first-order chi connectivity index (χ1) is 6.90. The van der Waals surface area contributed by atoms with Gasteiger partial charge in [0.15, 0.2) is 0 Å². The standard InChI is InChI=1S/C10H15ClN2O/c11-7-3-6-9-12-13-10(14-9)8-4-1-2-5-8/h8H,1-7H2. The minimum Gasteiger partial charge on any atom is -0.425 e. The molecule has 0 N–H and O–H groups in total. The van der Waals surface area contributed by atoms with Gasteiger partial charge in [0.1, 0.15) is 0 Å². The van der Waals surface area contributed by atoms with Crippen molar-refractivity contribution < 1.29 is 4.42 Å². The predicted molar refractivity (Wildman–Crippen MR) is 54.5 cm³/mol. The Labute approximate surface area is 88.9 Å². The number of aryl methyl sites for hydroxylation is 1. The van der Waals surface area contributed by atoms with Gasteiger partial charge in [-0.3, -0.25) is 0 Å². The molecular weight excluding hydrogens is 200 g/mol. The van der Waals surface area contributed by atoms with Crippen LogP contribution < -0.4 is 0 Å². The molecule has 0 radical (unpaired) electrons. The van der Waals surface area contributed by atoms with Crippen molar-refractivity contribution in [2.45, 2.75) is 44.4 Å². The van der Waals surface area contributed by atoms with Gasteiger partial charge in [0.05, 0.1) is 0 Å². The monoisotopic (exact) mass is 214 g/mol. The van der Waals surface area contributed by atoms with Gasteiger partial charge >= 0.3 is 0 Å². The Morgan fingerprint density at radius 2 is 2.07 bits per heavy atom. The van der Waals surface area contributed by atoms with E-state index in [2.05, 4.69) is 10.2 Å². The van der Waals surface area contributed by atoms with Crippen molar-refractivity contribution in [1.82, 2.24) is 10.2 Å². The van der Waals surface area contributed by atoms with Crippen molar-refractivity contribution in [3.05, 3.63) is 11.8 Å². The summed E-state index contributed by atoms with van der Waals surface area (Å²) in [6.07, 6.45) is 6.72. The van der Waals surface area contributed by atoms with Crippen LogP contribution in [-0.4, -0.2) is 16.1 Å². The summed E-state index contributed by atoms with van der Waals surface area (Å²) in [5.74, 6) is 2.76. The largest absolute Gasteiger partial charge is 0.425 e. The van der Waals surface area contributed by atoms with E-state index in [1.54, 1.807) is 0 Å². The first-order valence-electron chi connectivity index (χ1n) is 5.28. The van der Waals surface area contributed by atoms with Crippen LogP contribution in [0.25, 0.3) is 0 Å². The number of hydrogen-bond acceptors (Lipinski definition) is 3. The molecule has 1 aliphatic rings. The summed E-state index contributed by atoms with van der Waals surface area (Å²) in [4.78, 5) is 0. The molecule has 1 aromatic heterocycles. The number of hydrogen-bond donors (Lipinski definition) is 0. The van der Waals surface area contributed by atoms with Crippen LogP contribution in [0.15, 0.2) is 4.42 Å². The van der Waals surface area contributed by atoms with E-state index < -0.39 is 0 Å². The Morgan fingerprint density at radius 1 is 1.29 bits per heavy atom. The lowest BCUT2D eigenvalue weighted by atomic mass is 10.1. The minimum absolute atomic E-state index is 0.521. The first kappa shape index (κ1) is 9.97. The normalized spacial score (nSPS) is 17.8. The van der Waals surface area contributed by atoms with E-state index in [9.17, 15) is 0 Å². The lowest BCUT2D eigenvalue weighted by Crippen LogP contribution is -1.91. The van der Waals surface area contributed by atoms with Gasteiger partial charge in [-0.1, -0.05) is 12.8 Å². The molecule has 0 aromatic carbocycles. The van der Waals surface area contributed by atoms with Crippen LogP contribution in [0.2, 0.25) is 0 Å². The molecule has 0 amide bonds. The zero-order valence-electron chi connectivity index (χ0n) is 8.21. The van der Waals surface area contributed by atoms with E-state index in [-0.39, 0.29) is 0 Å². The highest BCUT2D eigenvalue weighted by Gasteiger charge is 2.22. The van der Waals surface area contributed by atoms with E-state index in [1.165, 1.54) is 25.7 Å². The lowest BCUT2D eigenvalue weighted by molar-refractivity contribution is 0.415. The van der Waals surface area contributed by atoms with E-state index in [0.29, 0.717) is 11.8 Å². The Kier molecular flexibility index (Phi) is 3.40. The molecule has 1 saturated carbocycles. The van der Waals surface area contributed by atoms with Crippen LogP contribution in [-0.2, 0) is 6.42 Å². The smallest absolute Gasteiger partial charge is 0.219 e. The molecule has 4 heteroatoms. The summed E-state index contributed by atoms with van der Waals surface area (Å²) in [7, 11) is 0. The van der Waals surface area contributed by atoms with Crippen LogP contribution >= 0.6 is 11.6 Å². The maximum Gasteiger partial charge on any atom is 0.219 e. The third-order valence-electron chi connectivity index (χ3n) is 2.71. The predicted octanol–water partition coefficient (Wildman–Crippen LogP) is 2.90. The third-order valence-corrected chi connectivity index (χ3v) is 2.98. The second kappa shape index (κ2) is 4.78. The van der Waals surface area contributed by atoms with Gasteiger partial charge in [0, 0.05) is 18.2 Å². The molecule has 2 rings (SSSR count). The summed E-state index contributed by atoms with van der Waals surface area (Å²) in [5, 5.41) is 8.11. The quantitative estimate of drug-likeness (QED) is 0.724. The van der Waals surface area contributed by atoms with Crippen LogP contribution in [0, 0.1) is 0 Å². The third kappa shape index (κ3) is 2.27. The Balaban J connectivity index is 1.94. The molecule has 0 bridgehead atoms. The van der Waals surface area contributed by atoms with Crippen molar-refractivity contribution in [2.24, 2.45) is 0 Å². The molecule has 0 atom stereocenters. The Hall–Kier alpha value is -0.570. The second-order valence-corrected chi connectivity index (χ2v) is 4.19. The van der Waals surface area contributed by atoms with Crippen LogP contribution in [0.5, 0.6) is 0 Å². The van der Waals surface area contributed by atoms with Gasteiger partial charge in [-0.2, -0.15) is 0 Å². The molecule has 0 unspecified atom stereocenters. The molecule has 3 nitrogen and oxygen atoms in total. The van der Waals surface area contributed by atoms with E-state index >= 15 is 0 Å². The van der Waals surface area contributed by atoms with E-state index in [0.717, 1.165) is 24.6 Å². The highest BCUT2D eigenvalue weighted by molar-refractivity contribution is 6.17. The van der Waals surface area contributed by atoms with Crippen molar-refractivity contribution in [3.8, 4) is 0 Å². The highest BCUT2D eigenvalue weighted by Crippen LogP contribution is 2.33. The molecule has 0 saturated heterocycles. The minimum atomic E-state index is 0.521. The van der Waals surface area contributed by atoms with Gasteiger partial charge in [-0.25, -0.2) is 0 Å². The Morgan fingerprint density at radius 3 is 2.79 bits per heavy atom. The number of alkyl halides is 1. The number of nitrogens with zero attached hydrogens (tertiary/aromatic N) is 2. The fraction of sp³-hybridized carbons (Fsp3) is 0.800. The van der Waals surface area contributed by atoms with Crippen LogP contribution in [0.4, 0.5) is 0 Å². The second-order valence-electron chi connectivity index (χ2n) is 3.81. The van der Waals surface area contributed by atoms with Gasteiger partial charge in [-0.15, -0.1) is 21.8 Å². The molecule has 1 aromatic rings. The SMILES string of the molecule is ClCCCc1nnc(C2CCCC2)o1. The van der Waals surface area contributed by atoms with Gasteiger partial charge in [0.2, 0.25) is 11.8 Å². The van der Waals surface area contributed by atoms with Crippen molar-refractivity contribution in [2.75, 3.05) is 5.88 Å². The maximum atomic E-state index is 5.60. The average Bonchev–Trinajstić information content (AvgIpc) is 2.85. The van der Waals surface area contributed by atoms with Gasteiger partial charge in [0.25, 0.3) is 0 Å². The number of rotatable bonds is 4. The topological polar surface area (TPSA) is 38.9 Å². The van der Waals surface area contributed by atoms with E-state index in [1.807, 2.05) is 0 Å². The van der Waals surface area contributed by atoms with Gasteiger partial charge < -0.3 is 4.42 Å². The molecule has 1 fully saturated rings. The van der Waals surface area contributed by atoms with Crippen molar-refractivity contribution in [3.63, 3.8) is 0 Å². The Bertz CT molecular complexity index is 281. The fourth-order valence-corrected chi connectivity index (χ4v) is 2.06. The van der Waals surface area contributed by atoms with Crippen LogP contribution in [0.3, 0.4) is 0 Å². The number of aromatic nitrogens is 2. The van der Waals surface area contributed by atoms with E-state index in [4.69, 9.17) is 16.0 Å². The fourth-order valence-electron chi connectivity index (χ4n) is 1.92. The van der Waals surface area contributed by atoms with Gasteiger partial charge in [-0.05, 0) is 19.3 Å². The summed E-state index contributed by atoms with van der Waals surface area (Å²) < 4.78 is 5.59. The summed E-state index contributed by atoms with van der Waals surface area (Å²) in [5.41, 5.74) is 0. The van der Waals surface area contributed by atoms with Crippen molar-refractivity contribution >= 4 is 11.6 Å². The summed E-state index contributed by atoms with van der Waals surface area (Å²) >= 11 is 5.60. The maximum absolute atomic E-state index is 5.60. The molecule has 1 aliphatic carbocycles. The zero-order valence-corrected chi connectivity index (χ0v) is 8.96. The van der Waals surface area contributed by atoms with Crippen LogP contribution in [0.1, 0.15) is 49.8 Å². The number of halogens is 1. The molecule has 1 heterocycles. The highest BCUT2D eigenvalue weighted by atomic mass is 35.5. The molecule has 14 heavy (non-hydrogen) atoms. The molecule has 0 spiro atoms. The summed E-state index contributed by atoms with van der Waals surface area (Å²) in [6.45, 7) is 0. The molecule has 78 valence electrons. The first-order valence-corrected chi connectivity index (χ1v) is 5.82. The lowest BCUT2D eigenvalue weighted by Gasteiger charge is -2.00. The average molecular weight is 215 g/mol. The van der Waals surface area contributed by atoms with Crippen molar-refractivity contribution in [1.29, 1.82) is 0 Å². The summed E-state index contributed by atoms with van der Waals surface area (Å²) in [6, 6.07) is 0.